The molecule has 0 aromatic carbocycles. The Morgan fingerprint density at radius 3 is 2.46 bits per heavy atom. The predicted octanol–water partition coefficient (Wildman–Crippen LogP) is 5.41. The number of likely N-dealkylation sites (tertiary alicyclic amines) is 1. The van der Waals surface area contributed by atoms with E-state index < -0.39 is 53.5 Å². The topological polar surface area (TPSA) is 107 Å². The summed E-state index contributed by atoms with van der Waals surface area (Å²) in [6, 6.07) is -2.02. The highest BCUT2D eigenvalue weighted by Gasteiger charge is 2.39. The standard InChI is InChI=1S/C25H32F5N5O3S/c1-6-16(25(28,29)30)33-17-10-14(20(26)27)15(11-31-17)19-18(23(37)35-9-7-8-12(35)2)34-22(39-19)21(36)32-13(3)24(4,5)38/h10-13,16,20,38H,6-9H2,1-5H3,(H,31,33)(H,32,36)/t12-,13?,16?/m0/s1. The largest absolute Gasteiger partial charge is 0.408 e. The van der Waals surface area contributed by atoms with Crippen molar-refractivity contribution in [2.24, 2.45) is 0 Å². The van der Waals surface area contributed by atoms with Crippen LogP contribution in [-0.4, -0.2) is 68.2 Å². The van der Waals surface area contributed by atoms with Crippen LogP contribution < -0.4 is 10.6 Å². The highest BCUT2D eigenvalue weighted by molar-refractivity contribution is 7.17. The second-order valence-corrected chi connectivity index (χ2v) is 11.1. The molecule has 2 unspecified atom stereocenters. The maximum absolute atomic E-state index is 14.2. The number of rotatable bonds is 9. The van der Waals surface area contributed by atoms with Crippen molar-refractivity contribution in [3.05, 3.63) is 28.5 Å². The number of halogens is 5. The molecule has 14 heteroatoms. The molecule has 3 rings (SSSR count). The molecule has 3 heterocycles. The molecule has 39 heavy (non-hydrogen) atoms. The van der Waals surface area contributed by atoms with E-state index in [-0.39, 0.29) is 33.6 Å². The molecule has 1 fully saturated rings. The average molecular weight is 578 g/mol. The third-order valence-electron chi connectivity index (χ3n) is 6.79. The van der Waals surface area contributed by atoms with Crippen LogP contribution in [0.25, 0.3) is 10.4 Å². The molecule has 0 radical (unpaired) electrons. The molecule has 1 saturated heterocycles. The molecule has 0 saturated carbocycles. The number of alkyl halides is 5. The first-order valence-electron chi connectivity index (χ1n) is 12.5. The number of carbonyl (C=O) groups is 2. The number of hydrogen-bond acceptors (Lipinski definition) is 7. The van der Waals surface area contributed by atoms with Gasteiger partial charge >= 0.3 is 6.18 Å². The Bertz CT molecular complexity index is 1200. The summed E-state index contributed by atoms with van der Waals surface area (Å²) in [5, 5.41) is 14.7. The van der Waals surface area contributed by atoms with Crippen LogP contribution in [-0.2, 0) is 0 Å². The molecule has 0 bridgehead atoms. The number of anilines is 1. The van der Waals surface area contributed by atoms with Crippen LogP contribution in [0.1, 0.15) is 86.2 Å². The van der Waals surface area contributed by atoms with Crippen molar-refractivity contribution in [2.75, 3.05) is 11.9 Å². The maximum atomic E-state index is 14.2. The van der Waals surface area contributed by atoms with Crippen LogP contribution in [0.5, 0.6) is 0 Å². The van der Waals surface area contributed by atoms with Crippen molar-refractivity contribution >= 4 is 29.0 Å². The van der Waals surface area contributed by atoms with Crippen molar-refractivity contribution in [2.45, 2.75) is 90.2 Å². The molecule has 0 aliphatic carbocycles. The van der Waals surface area contributed by atoms with Gasteiger partial charge in [0, 0.05) is 29.9 Å². The molecule has 1 aliphatic rings. The van der Waals surface area contributed by atoms with Gasteiger partial charge in [-0.3, -0.25) is 9.59 Å². The summed E-state index contributed by atoms with van der Waals surface area (Å²) >= 11 is 0.696. The minimum absolute atomic E-state index is 0.0441. The van der Waals surface area contributed by atoms with Gasteiger partial charge in [0.15, 0.2) is 5.01 Å². The molecule has 0 spiro atoms. The summed E-state index contributed by atoms with van der Waals surface area (Å²) in [6.07, 6.45) is -5.65. The van der Waals surface area contributed by atoms with E-state index in [1.807, 2.05) is 6.92 Å². The van der Waals surface area contributed by atoms with Gasteiger partial charge in [-0.2, -0.15) is 13.2 Å². The normalized spacial score (nSPS) is 17.8. The highest BCUT2D eigenvalue weighted by Crippen LogP contribution is 2.39. The molecule has 3 N–H and O–H groups in total. The Hall–Kier alpha value is -2.87. The van der Waals surface area contributed by atoms with Crippen LogP contribution in [0, 0.1) is 0 Å². The van der Waals surface area contributed by atoms with Crippen molar-refractivity contribution in [1.82, 2.24) is 20.2 Å². The van der Waals surface area contributed by atoms with E-state index in [2.05, 4.69) is 20.6 Å². The minimum Gasteiger partial charge on any atom is -0.388 e. The van der Waals surface area contributed by atoms with E-state index in [1.165, 1.54) is 20.8 Å². The second kappa shape index (κ2) is 11.7. The zero-order valence-corrected chi connectivity index (χ0v) is 23.0. The summed E-state index contributed by atoms with van der Waals surface area (Å²) in [6.45, 7) is 8.12. The summed E-state index contributed by atoms with van der Waals surface area (Å²) in [7, 11) is 0. The Labute approximate surface area is 227 Å². The lowest BCUT2D eigenvalue weighted by Gasteiger charge is -2.26. The van der Waals surface area contributed by atoms with Gasteiger partial charge in [-0.05, 0) is 53.0 Å². The van der Waals surface area contributed by atoms with Crippen LogP contribution in [0.4, 0.5) is 27.8 Å². The molecule has 216 valence electrons. The smallest absolute Gasteiger partial charge is 0.388 e. The van der Waals surface area contributed by atoms with Crippen LogP contribution >= 0.6 is 11.3 Å². The zero-order valence-electron chi connectivity index (χ0n) is 22.2. The van der Waals surface area contributed by atoms with Crippen molar-refractivity contribution in [1.29, 1.82) is 0 Å². The number of amides is 2. The number of pyridine rings is 1. The Balaban J connectivity index is 2.09. The van der Waals surface area contributed by atoms with Crippen LogP contribution in [0.2, 0.25) is 0 Å². The monoisotopic (exact) mass is 577 g/mol. The first-order chi connectivity index (χ1) is 18.0. The summed E-state index contributed by atoms with van der Waals surface area (Å²) in [5.41, 5.74) is -2.37. The number of hydrogen-bond donors (Lipinski definition) is 3. The summed E-state index contributed by atoms with van der Waals surface area (Å²) in [4.78, 5) is 36.0. The lowest BCUT2D eigenvalue weighted by atomic mass is 10.0. The Kier molecular flexibility index (Phi) is 9.20. The summed E-state index contributed by atoms with van der Waals surface area (Å²) < 4.78 is 68.1. The molecule has 2 amide bonds. The second-order valence-electron chi connectivity index (χ2n) is 10.1. The van der Waals surface area contributed by atoms with Gasteiger partial charge < -0.3 is 20.6 Å². The zero-order chi connectivity index (χ0) is 29.3. The minimum atomic E-state index is -4.62. The molecule has 1 aliphatic heterocycles. The number of aromatic nitrogens is 2. The van der Waals surface area contributed by atoms with E-state index in [4.69, 9.17) is 0 Å². The lowest BCUT2D eigenvalue weighted by molar-refractivity contribution is -0.142. The van der Waals surface area contributed by atoms with Crippen LogP contribution in [0.15, 0.2) is 12.3 Å². The Morgan fingerprint density at radius 2 is 1.95 bits per heavy atom. The number of nitrogens with one attached hydrogen (secondary N) is 2. The van der Waals surface area contributed by atoms with Gasteiger partial charge in [-0.15, -0.1) is 11.3 Å². The van der Waals surface area contributed by atoms with E-state index in [1.54, 1.807) is 11.8 Å². The Morgan fingerprint density at radius 1 is 1.28 bits per heavy atom. The first kappa shape index (κ1) is 30.7. The summed E-state index contributed by atoms with van der Waals surface area (Å²) in [5.74, 6) is -1.67. The number of thiazole rings is 1. The van der Waals surface area contributed by atoms with Gasteiger partial charge in [0.05, 0.1) is 16.5 Å². The molecule has 2 aromatic rings. The lowest BCUT2D eigenvalue weighted by Crippen LogP contribution is -2.47. The van der Waals surface area contributed by atoms with E-state index >= 15 is 0 Å². The van der Waals surface area contributed by atoms with Gasteiger partial charge in [-0.25, -0.2) is 18.7 Å². The van der Waals surface area contributed by atoms with E-state index in [0.717, 1.165) is 25.1 Å². The van der Waals surface area contributed by atoms with E-state index in [0.29, 0.717) is 17.9 Å². The van der Waals surface area contributed by atoms with E-state index in [9.17, 15) is 36.6 Å². The average Bonchev–Trinajstić information content (AvgIpc) is 3.47. The maximum Gasteiger partial charge on any atom is 0.408 e. The molecule has 8 nitrogen and oxygen atoms in total. The van der Waals surface area contributed by atoms with Crippen LogP contribution in [0.3, 0.4) is 0 Å². The molecule has 3 atom stereocenters. The van der Waals surface area contributed by atoms with Crippen molar-refractivity contribution < 1.29 is 36.6 Å². The number of carbonyl (C=O) groups excluding carboxylic acids is 2. The number of aliphatic hydroxyl groups is 1. The predicted molar refractivity (Wildman–Crippen MR) is 137 cm³/mol. The molecule has 2 aromatic heterocycles. The van der Waals surface area contributed by atoms with Crippen molar-refractivity contribution in [3.8, 4) is 10.4 Å². The van der Waals surface area contributed by atoms with Gasteiger partial charge in [-0.1, -0.05) is 6.92 Å². The third-order valence-corrected chi connectivity index (χ3v) is 7.87. The fourth-order valence-electron chi connectivity index (χ4n) is 4.06. The molecular weight excluding hydrogens is 545 g/mol. The van der Waals surface area contributed by atoms with Gasteiger partial charge in [0.25, 0.3) is 18.2 Å². The number of nitrogens with zero attached hydrogens (tertiary/aromatic N) is 3. The third kappa shape index (κ3) is 7.02. The van der Waals surface area contributed by atoms with Crippen molar-refractivity contribution in [3.63, 3.8) is 0 Å². The first-order valence-corrected chi connectivity index (χ1v) is 13.3. The molecular formula is C25H32F5N5O3S. The fraction of sp³-hybridized carbons (Fsp3) is 0.600. The fourth-order valence-corrected chi connectivity index (χ4v) is 5.06. The SMILES string of the molecule is CCC(Nc1cc(C(F)F)c(-c2sc(C(=O)NC(C)C(C)(C)O)nc2C(=O)N2CCC[C@@H]2C)cn1)C(F)(F)F. The quantitative estimate of drug-likeness (QED) is 0.344. The van der Waals surface area contributed by atoms with Gasteiger partial charge in [0.2, 0.25) is 0 Å². The highest BCUT2D eigenvalue weighted by atomic mass is 32.1. The van der Waals surface area contributed by atoms with Gasteiger partial charge in [0.1, 0.15) is 17.6 Å².